The fourth-order valence-electron chi connectivity index (χ4n) is 2.82. The van der Waals surface area contributed by atoms with Gasteiger partial charge in [-0.25, -0.2) is 0 Å². The van der Waals surface area contributed by atoms with Crippen molar-refractivity contribution in [3.05, 3.63) is 22.4 Å². The number of aliphatic imine (C=N–C) groups is 1. The SMILES string of the molecule is CCNC(=NCC(C)Cc1cccs1)NC1CCC(O)CC1.I. The molecule has 1 heterocycles. The van der Waals surface area contributed by atoms with Crippen LogP contribution in [0.2, 0.25) is 0 Å². The summed E-state index contributed by atoms with van der Waals surface area (Å²) < 4.78 is 0. The van der Waals surface area contributed by atoms with Crippen molar-refractivity contribution in [2.75, 3.05) is 13.1 Å². The van der Waals surface area contributed by atoms with Crippen LogP contribution in [0.3, 0.4) is 0 Å². The summed E-state index contributed by atoms with van der Waals surface area (Å²) >= 11 is 1.82. The number of thiophene rings is 1. The summed E-state index contributed by atoms with van der Waals surface area (Å²) in [5, 5.41) is 18.6. The molecule has 0 aliphatic heterocycles. The number of hydrogen-bond donors (Lipinski definition) is 3. The Morgan fingerprint density at radius 1 is 1.39 bits per heavy atom. The fourth-order valence-corrected chi connectivity index (χ4v) is 3.69. The fraction of sp³-hybridized carbons (Fsp3) is 0.706. The van der Waals surface area contributed by atoms with Gasteiger partial charge in [-0.05, 0) is 56.4 Å². The normalized spacial score (nSPS) is 23.0. The van der Waals surface area contributed by atoms with Crippen LogP contribution >= 0.6 is 35.3 Å². The molecule has 0 aromatic carbocycles. The number of nitrogens with one attached hydrogen (secondary N) is 2. The molecule has 1 unspecified atom stereocenters. The second-order valence-corrected chi connectivity index (χ2v) is 7.29. The lowest BCUT2D eigenvalue weighted by molar-refractivity contribution is 0.120. The molecule has 0 radical (unpaired) electrons. The van der Waals surface area contributed by atoms with E-state index in [-0.39, 0.29) is 30.1 Å². The van der Waals surface area contributed by atoms with Gasteiger partial charge in [0.15, 0.2) is 5.96 Å². The number of nitrogens with zero attached hydrogens (tertiary/aromatic N) is 1. The summed E-state index contributed by atoms with van der Waals surface area (Å²) in [6, 6.07) is 4.75. The maximum Gasteiger partial charge on any atom is 0.191 e. The molecule has 0 bridgehead atoms. The summed E-state index contributed by atoms with van der Waals surface area (Å²) in [6.45, 7) is 6.06. The summed E-state index contributed by atoms with van der Waals surface area (Å²) in [5.74, 6) is 1.46. The van der Waals surface area contributed by atoms with Crippen LogP contribution in [0, 0.1) is 5.92 Å². The molecule has 6 heteroatoms. The van der Waals surface area contributed by atoms with Gasteiger partial charge in [-0.1, -0.05) is 13.0 Å². The topological polar surface area (TPSA) is 56.7 Å². The third-order valence-electron chi connectivity index (χ3n) is 4.07. The van der Waals surface area contributed by atoms with Gasteiger partial charge >= 0.3 is 0 Å². The second-order valence-electron chi connectivity index (χ2n) is 6.26. The largest absolute Gasteiger partial charge is 0.393 e. The molecule has 4 nitrogen and oxygen atoms in total. The molecule has 2 rings (SSSR count). The van der Waals surface area contributed by atoms with Crippen LogP contribution in [0.1, 0.15) is 44.4 Å². The van der Waals surface area contributed by atoms with Crippen LogP contribution in [0.15, 0.2) is 22.5 Å². The second kappa shape index (κ2) is 11.3. The van der Waals surface area contributed by atoms with Crippen molar-refractivity contribution >= 4 is 41.3 Å². The van der Waals surface area contributed by atoms with Gasteiger partial charge in [0.25, 0.3) is 0 Å². The molecular weight excluding hydrogens is 421 g/mol. The summed E-state index contributed by atoms with van der Waals surface area (Å²) in [4.78, 5) is 6.18. The molecular formula is C17H30IN3OS. The molecule has 1 aromatic rings. The van der Waals surface area contributed by atoms with Crippen molar-refractivity contribution in [2.24, 2.45) is 10.9 Å². The highest BCUT2D eigenvalue weighted by Gasteiger charge is 2.20. The molecule has 0 saturated heterocycles. The molecule has 1 saturated carbocycles. The van der Waals surface area contributed by atoms with Gasteiger partial charge in [0, 0.05) is 24.0 Å². The predicted molar refractivity (Wildman–Crippen MR) is 110 cm³/mol. The van der Waals surface area contributed by atoms with Crippen LogP contribution in [0.4, 0.5) is 0 Å². The molecule has 132 valence electrons. The van der Waals surface area contributed by atoms with Gasteiger partial charge in [-0.15, -0.1) is 35.3 Å². The Hall–Kier alpha value is -0.340. The minimum absolute atomic E-state index is 0. The molecule has 23 heavy (non-hydrogen) atoms. The van der Waals surface area contributed by atoms with Gasteiger partial charge in [-0.2, -0.15) is 0 Å². The Morgan fingerprint density at radius 2 is 2.13 bits per heavy atom. The third-order valence-corrected chi connectivity index (χ3v) is 4.97. The number of aliphatic hydroxyl groups excluding tert-OH is 1. The number of hydrogen-bond acceptors (Lipinski definition) is 3. The highest BCUT2D eigenvalue weighted by molar-refractivity contribution is 14.0. The van der Waals surface area contributed by atoms with E-state index < -0.39 is 0 Å². The zero-order chi connectivity index (χ0) is 15.8. The van der Waals surface area contributed by atoms with Gasteiger partial charge in [0.2, 0.25) is 0 Å². The monoisotopic (exact) mass is 451 g/mol. The van der Waals surface area contributed by atoms with Gasteiger partial charge in [0.1, 0.15) is 0 Å². The Bertz CT molecular complexity index is 445. The Morgan fingerprint density at radius 3 is 2.74 bits per heavy atom. The minimum Gasteiger partial charge on any atom is -0.393 e. The van der Waals surface area contributed by atoms with E-state index >= 15 is 0 Å². The van der Waals surface area contributed by atoms with Gasteiger partial charge < -0.3 is 15.7 Å². The number of halogens is 1. The molecule has 1 atom stereocenters. The zero-order valence-electron chi connectivity index (χ0n) is 14.1. The lowest BCUT2D eigenvalue weighted by atomic mass is 9.93. The van der Waals surface area contributed by atoms with Gasteiger partial charge in [-0.3, -0.25) is 4.99 Å². The van der Waals surface area contributed by atoms with Crippen molar-refractivity contribution in [3.8, 4) is 0 Å². The first-order chi connectivity index (χ1) is 10.7. The number of guanidine groups is 1. The van der Waals surface area contributed by atoms with Crippen LogP contribution in [-0.4, -0.2) is 36.3 Å². The van der Waals surface area contributed by atoms with E-state index in [4.69, 9.17) is 4.99 Å². The standard InChI is InChI=1S/C17H29N3OS.HI/c1-3-18-17(20-14-6-8-15(21)9-7-14)19-12-13(2)11-16-5-4-10-22-16;/h4-5,10,13-15,21H,3,6-9,11-12H2,1-2H3,(H2,18,19,20);1H. The lowest BCUT2D eigenvalue weighted by Crippen LogP contribution is -2.45. The minimum atomic E-state index is -0.108. The van der Waals surface area contributed by atoms with Crippen LogP contribution in [0.25, 0.3) is 0 Å². The zero-order valence-corrected chi connectivity index (χ0v) is 17.3. The summed E-state index contributed by atoms with van der Waals surface area (Å²) in [6.07, 6.45) is 4.82. The first-order valence-corrected chi connectivity index (χ1v) is 9.30. The lowest BCUT2D eigenvalue weighted by Gasteiger charge is -2.27. The van der Waals surface area contributed by atoms with Crippen molar-refractivity contribution in [1.29, 1.82) is 0 Å². The van der Waals surface area contributed by atoms with E-state index in [9.17, 15) is 5.11 Å². The van der Waals surface area contributed by atoms with E-state index in [0.717, 1.165) is 51.2 Å². The number of rotatable bonds is 6. The van der Waals surface area contributed by atoms with Gasteiger partial charge in [0.05, 0.1) is 6.10 Å². The molecule has 0 amide bonds. The van der Waals surface area contributed by atoms with E-state index in [2.05, 4.69) is 42.0 Å². The van der Waals surface area contributed by atoms with E-state index in [0.29, 0.717) is 12.0 Å². The first-order valence-electron chi connectivity index (χ1n) is 8.42. The summed E-state index contributed by atoms with van der Waals surface area (Å²) in [7, 11) is 0. The third kappa shape index (κ3) is 7.85. The maximum absolute atomic E-state index is 9.59. The quantitative estimate of drug-likeness (QED) is 0.353. The Labute approximate surface area is 161 Å². The Balaban J connectivity index is 0.00000264. The Kier molecular flexibility index (Phi) is 10.1. The molecule has 3 N–H and O–H groups in total. The molecule has 1 aromatic heterocycles. The van der Waals surface area contributed by atoms with E-state index in [1.54, 1.807) is 0 Å². The van der Waals surface area contributed by atoms with Crippen LogP contribution in [-0.2, 0) is 6.42 Å². The average Bonchev–Trinajstić information content (AvgIpc) is 3.00. The molecule has 1 aliphatic rings. The smallest absolute Gasteiger partial charge is 0.191 e. The van der Waals surface area contributed by atoms with Crippen molar-refractivity contribution < 1.29 is 5.11 Å². The highest BCUT2D eigenvalue weighted by atomic mass is 127. The molecule has 1 fully saturated rings. The van der Waals surface area contributed by atoms with E-state index in [1.807, 2.05) is 11.3 Å². The summed E-state index contributed by atoms with van der Waals surface area (Å²) in [5.41, 5.74) is 0. The highest BCUT2D eigenvalue weighted by Crippen LogP contribution is 2.18. The maximum atomic E-state index is 9.59. The average molecular weight is 451 g/mol. The van der Waals surface area contributed by atoms with Crippen LogP contribution in [0.5, 0.6) is 0 Å². The van der Waals surface area contributed by atoms with E-state index in [1.165, 1.54) is 4.88 Å². The first kappa shape index (κ1) is 20.7. The predicted octanol–water partition coefficient (Wildman–Crippen LogP) is 3.40. The van der Waals surface area contributed by atoms with Crippen molar-refractivity contribution in [2.45, 2.75) is 58.1 Å². The molecule has 1 aliphatic carbocycles. The molecule has 0 spiro atoms. The van der Waals surface area contributed by atoms with Crippen LogP contribution < -0.4 is 10.6 Å². The van der Waals surface area contributed by atoms with Crippen molar-refractivity contribution in [3.63, 3.8) is 0 Å². The van der Waals surface area contributed by atoms with Crippen molar-refractivity contribution in [1.82, 2.24) is 10.6 Å². The number of aliphatic hydroxyl groups is 1.